The Hall–Kier alpha value is -1.55. The summed E-state index contributed by atoms with van der Waals surface area (Å²) in [4.78, 5) is 0. The predicted octanol–water partition coefficient (Wildman–Crippen LogP) is 3.05. The number of nitrogens with zero attached hydrogens (tertiary/aromatic N) is 1. The van der Waals surface area contributed by atoms with Crippen LogP contribution in [-0.2, 0) is 6.42 Å². The van der Waals surface area contributed by atoms with E-state index in [2.05, 4.69) is 18.1 Å². The lowest BCUT2D eigenvalue weighted by Gasteiger charge is -2.49. The minimum atomic E-state index is -0.607. The van der Waals surface area contributed by atoms with Crippen molar-refractivity contribution in [1.29, 1.82) is 0 Å². The van der Waals surface area contributed by atoms with E-state index in [4.69, 9.17) is 0 Å². The zero-order valence-corrected chi connectivity index (χ0v) is 12.9. The van der Waals surface area contributed by atoms with E-state index < -0.39 is 6.10 Å². The Morgan fingerprint density at radius 3 is 2.86 bits per heavy atom. The number of benzene rings is 1. The number of rotatable bonds is 0. The van der Waals surface area contributed by atoms with Crippen molar-refractivity contribution in [2.75, 3.05) is 0 Å². The topological polar surface area (TPSA) is 73.1 Å². The Morgan fingerprint density at radius 2 is 2.09 bits per heavy atom. The lowest BCUT2D eigenvalue weighted by Crippen LogP contribution is -2.44. The number of hydrogen-bond donors (Lipinski definition) is 3. The van der Waals surface area contributed by atoms with Gasteiger partial charge in [-0.2, -0.15) is 0 Å². The highest BCUT2D eigenvalue weighted by molar-refractivity contribution is 5.91. The molecule has 3 N–H and O–H groups in total. The molecular weight excluding hydrogens is 278 g/mol. The summed E-state index contributed by atoms with van der Waals surface area (Å²) in [6.45, 7) is 2.16. The number of phenols is 1. The van der Waals surface area contributed by atoms with Crippen LogP contribution in [0.4, 0.5) is 0 Å². The van der Waals surface area contributed by atoms with E-state index in [-0.39, 0.29) is 5.41 Å². The summed E-state index contributed by atoms with van der Waals surface area (Å²) < 4.78 is 0. The molecule has 118 valence electrons. The third-order valence-corrected chi connectivity index (χ3v) is 6.65. The summed E-state index contributed by atoms with van der Waals surface area (Å²) in [6, 6.07) is 5.78. The Bertz CT molecular complexity index is 641. The summed E-state index contributed by atoms with van der Waals surface area (Å²) >= 11 is 0. The van der Waals surface area contributed by atoms with Crippen molar-refractivity contribution >= 4 is 5.71 Å². The SMILES string of the molecule is C[C@@]12CC[C@H]3c4ccc(O)cc4CC[C@@H]3[C@H]1CC(=NO)[C@H]2O. The summed E-state index contributed by atoms with van der Waals surface area (Å²) in [6.07, 6.45) is 4.20. The second-order valence-electron chi connectivity index (χ2n) is 7.54. The maximum absolute atomic E-state index is 10.5. The van der Waals surface area contributed by atoms with Crippen molar-refractivity contribution in [3.05, 3.63) is 29.3 Å². The maximum Gasteiger partial charge on any atom is 0.115 e. The van der Waals surface area contributed by atoms with Crippen LogP contribution in [0.3, 0.4) is 0 Å². The molecule has 0 radical (unpaired) electrons. The molecule has 3 aliphatic rings. The number of aliphatic hydroxyl groups is 1. The van der Waals surface area contributed by atoms with Crippen LogP contribution in [0.1, 0.15) is 49.7 Å². The summed E-state index contributed by atoms with van der Waals surface area (Å²) in [5.41, 5.74) is 3.06. The Morgan fingerprint density at radius 1 is 1.27 bits per heavy atom. The van der Waals surface area contributed by atoms with Gasteiger partial charge in [0.15, 0.2) is 0 Å². The monoisotopic (exact) mass is 301 g/mol. The van der Waals surface area contributed by atoms with Crippen molar-refractivity contribution in [2.24, 2.45) is 22.4 Å². The zero-order chi connectivity index (χ0) is 15.5. The van der Waals surface area contributed by atoms with E-state index in [0.717, 1.165) is 25.7 Å². The molecule has 0 aromatic heterocycles. The van der Waals surface area contributed by atoms with Crippen molar-refractivity contribution in [2.45, 2.75) is 51.0 Å². The third-order valence-electron chi connectivity index (χ3n) is 6.65. The molecule has 0 bridgehead atoms. The van der Waals surface area contributed by atoms with E-state index in [1.807, 2.05) is 6.07 Å². The van der Waals surface area contributed by atoms with Crippen molar-refractivity contribution in [3.8, 4) is 5.75 Å². The first-order chi connectivity index (χ1) is 10.5. The first-order valence-corrected chi connectivity index (χ1v) is 8.25. The first-order valence-electron chi connectivity index (χ1n) is 8.25. The summed E-state index contributed by atoms with van der Waals surface area (Å²) in [5.74, 6) is 1.77. The molecule has 0 heterocycles. The van der Waals surface area contributed by atoms with E-state index >= 15 is 0 Å². The maximum atomic E-state index is 10.5. The molecule has 0 spiro atoms. The van der Waals surface area contributed by atoms with E-state index in [0.29, 0.717) is 35.6 Å². The van der Waals surface area contributed by atoms with E-state index in [9.17, 15) is 15.4 Å². The molecule has 4 rings (SSSR count). The summed E-state index contributed by atoms with van der Waals surface area (Å²) in [7, 11) is 0. The quantitative estimate of drug-likeness (QED) is 0.509. The highest BCUT2D eigenvalue weighted by atomic mass is 16.4. The van der Waals surface area contributed by atoms with Gasteiger partial charge < -0.3 is 15.4 Å². The Balaban J connectivity index is 1.72. The standard InChI is InChI=1S/C18H23NO3/c1-18-7-6-13-12-5-3-11(20)8-10(12)2-4-14(13)15(18)9-16(19-22)17(18)21/h3,5,8,13-15,17,20-22H,2,4,6-7,9H2,1H3/t13-,14-,15+,17+,18+/m0/s1. The molecule has 5 atom stereocenters. The number of fused-ring (bicyclic) bond motifs is 5. The number of aryl methyl sites for hydroxylation is 1. The van der Waals surface area contributed by atoms with E-state index in [1.165, 1.54) is 11.1 Å². The van der Waals surface area contributed by atoms with Crippen molar-refractivity contribution in [1.82, 2.24) is 0 Å². The minimum absolute atomic E-state index is 0.156. The molecule has 1 aromatic rings. The van der Waals surface area contributed by atoms with E-state index in [1.54, 1.807) is 6.07 Å². The molecule has 2 fully saturated rings. The molecule has 0 amide bonds. The molecule has 4 heteroatoms. The second kappa shape index (κ2) is 4.72. The minimum Gasteiger partial charge on any atom is -0.508 e. The number of oxime groups is 1. The van der Waals surface area contributed by atoms with Gasteiger partial charge in [-0.3, -0.25) is 0 Å². The lowest BCUT2D eigenvalue weighted by molar-refractivity contribution is -0.0121. The zero-order valence-electron chi connectivity index (χ0n) is 12.9. The highest BCUT2D eigenvalue weighted by Crippen LogP contribution is 2.60. The van der Waals surface area contributed by atoms with Gasteiger partial charge >= 0.3 is 0 Å². The molecule has 1 aromatic carbocycles. The van der Waals surface area contributed by atoms with Gasteiger partial charge in [-0.15, -0.1) is 0 Å². The lowest BCUT2D eigenvalue weighted by atomic mass is 9.55. The fourth-order valence-electron chi connectivity index (χ4n) is 5.45. The molecule has 4 nitrogen and oxygen atoms in total. The van der Waals surface area contributed by atoms with Crippen LogP contribution < -0.4 is 0 Å². The number of hydrogen-bond acceptors (Lipinski definition) is 4. The van der Waals surface area contributed by atoms with Crippen LogP contribution in [0.2, 0.25) is 0 Å². The Labute approximate surface area is 130 Å². The number of aromatic hydroxyl groups is 1. The van der Waals surface area contributed by atoms with Crippen LogP contribution in [0, 0.1) is 17.3 Å². The van der Waals surface area contributed by atoms with Crippen molar-refractivity contribution < 1.29 is 15.4 Å². The second-order valence-corrected chi connectivity index (χ2v) is 7.54. The van der Waals surface area contributed by atoms with Gasteiger partial charge in [0.1, 0.15) is 11.9 Å². The fourth-order valence-corrected chi connectivity index (χ4v) is 5.45. The van der Waals surface area contributed by atoms with Crippen LogP contribution >= 0.6 is 0 Å². The van der Waals surface area contributed by atoms with Crippen LogP contribution in [-0.4, -0.2) is 27.2 Å². The van der Waals surface area contributed by atoms with Gasteiger partial charge in [0.2, 0.25) is 0 Å². The molecule has 0 unspecified atom stereocenters. The fraction of sp³-hybridized carbons (Fsp3) is 0.611. The number of aliphatic hydroxyl groups excluding tert-OH is 1. The average Bonchev–Trinajstić information content (AvgIpc) is 2.78. The number of phenolic OH excluding ortho intramolecular Hbond substituents is 1. The van der Waals surface area contributed by atoms with Crippen LogP contribution in [0.15, 0.2) is 23.4 Å². The molecular formula is C18H23NO3. The molecule has 2 saturated carbocycles. The van der Waals surface area contributed by atoms with Gasteiger partial charge in [0.25, 0.3) is 0 Å². The largest absolute Gasteiger partial charge is 0.508 e. The van der Waals surface area contributed by atoms with Gasteiger partial charge in [0.05, 0.1) is 5.71 Å². The van der Waals surface area contributed by atoms with Crippen LogP contribution in [0.25, 0.3) is 0 Å². The molecule has 0 aliphatic heterocycles. The molecule has 3 aliphatic carbocycles. The van der Waals surface area contributed by atoms with Crippen molar-refractivity contribution in [3.63, 3.8) is 0 Å². The third kappa shape index (κ3) is 1.76. The average molecular weight is 301 g/mol. The van der Waals surface area contributed by atoms with Gasteiger partial charge in [0, 0.05) is 5.41 Å². The summed E-state index contributed by atoms with van der Waals surface area (Å²) in [5, 5.41) is 32.8. The predicted molar refractivity (Wildman–Crippen MR) is 83.3 cm³/mol. The normalized spacial score (nSPS) is 41.8. The van der Waals surface area contributed by atoms with Gasteiger partial charge in [-0.05, 0) is 73.1 Å². The molecule has 22 heavy (non-hydrogen) atoms. The van der Waals surface area contributed by atoms with Gasteiger partial charge in [-0.25, -0.2) is 0 Å². The highest BCUT2D eigenvalue weighted by Gasteiger charge is 2.57. The molecule has 0 saturated heterocycles. The smallest absolute Gasteiger partial charge is 0.115 e. The Kier molecular flexibility index (Phi) is 3.02. The van der Waals surface area contributed by atoms with Crippen LogP contribution in [0.5, 0.6) is 5.75 Å². The van der Waals surface area contributed by atoms with Gasteiger partial charge in [-0.1, -0.05) is 18.1 Å². The first kappa shape index (κ1) is 14.1.